The summed E-state index contributed by atoms with van der Waals surface area (Å²) in [7, 11) is -0.208. The van der Waals surface area contributed by atoms with Gasteiger partial charge in [0, 0.05) is 6.61 Å². The van der Waals surface area contributed by atoms with Gasteiger partial charge in [0.25, 0.3) is 0 Å². The zero-order valence-corrected chi connectivity index (χ0v) is 17.0. The number of rotatable bonds is 14. The Kier molecular flexibility index (Phi) is 11.3. The van der Waals surface area contributed by atoms with Gasteiger partial charge >= 0.3 is 0 Å². The fourth-order valence-electron chi connectivity index (χ4n) is 3.42. The monoisotopic (exact) mass is 370 g/mol. The number of hydrogen-bond acceptors (Lipinski definition) is 1. The van der Waals surface area contributed by atoms with E-state index < -0.39 is 0 Å². The van der Waals surface area contributed by atoms with Gasteiger partial charge in [0.1, 0.15) is 0 Å². The molecule has 0 aliphatic rings. The minimum atomic E-state index is -0.208. The first kappa shape index (κ1) is 21.1. The Morgan fingerprint density at radius 2 is 0.885 bits per heavy atom. The van der Waals surface area contributed by atoms with E-state index in [2.05, 4.69) is 60.7 Å². The van der Waals surface area contributed by atoms with E-state index in [-0.39, 0.29) is 7.92 Å². The van der Waals surface area contributed by atoms with Crippen molar-refractivity contribution in [2.75, 3.05) is 12.8 Å². The maximum atomic E-state index is 8.78. The first-order valence-corrected chi connectivity index (χ1v) is 11.9. The number of aliphatic hydroxyl groups is 1. The summed E-state index contributed by atoms with van der Waals surface area (Å²) in [6, 6.07) is 22.1. The van der Waals surface area contributed by atoms with Crippen LogP contribution in [0.2, 0.25) is 0 Å². The van der Waals surface area contributed by atoms with E-state index in [1.165, 1.54) is 74.6 Å². The van der Waals surface area contributed by atoms with Crippen molar-refractivity contribution in [2.45, 2.75) is 64.2 Å². The Labute approximate surface area is 161 Å². The fraction of sp³-hybridized carbons (Fsp3) is 0.500. The van der Waals surface area contributed by atoms with Crippen LogP contribution in [0.25, 0.3) is 0 Å². The average molecular weight is 371 g/mol. The molecule has 0 aliphatic heterocycles. The first-order chi connectivity index (χ1) is 12.9. The zero-order valence-electron chi connectivity index (χ0n) is 16.2. The maximum Gasteiger partial charge on any atom is 0.0431 e. The summed E-state index contributed by atoms with van der Waals surface area (Å²) in [6.07, 6.45) is 14.3. The van der Waals surface area contributed by atoms with Crippen LogP contribution in [0, 0.1) is 0 Å². The molecule has 1 nitrogen and oxygen atoms in total. The molecule has 0 spiro atoms. The summed E-state index contributed by atoms with van der Waals surface area (Å²) >= 11 is 0. The second-order valence-corrected chi connectivity index (χ2v) is 9.42. The van der Waals surface area contributed by atoms with E-state index in [1.807, 2.05) is 0 Å². The molecular formula is C24H35OP. The van der Waals surface area contributed by atoms with Gasteiger partial charge in [-0.2, -0.15) is 0 Å². The number of unbranched alkanes of at least 4 members (excludes halogenated alkanes) is 9. The van der Waals surface area contributed by atoms with Crippen molar-refractivity contribution in [3.8, 4) is 0 Å². The predicted molar refractivity (Wildman–Crippen MR) is 117 cm³/mol. The van der Waals surface area contributed by atoms with Crippen molar-refractivity contribution in [2.24, 2.45) is 0 Å². The fourth-order valence-corrected chi connectivity index (χ4v) is 5.84. The zero-order chi connectivity index (χ0) is 18.3. The lowest BCUT2D eigenvalue weighted by Gasteiger charge is -2.18. The Morgan fingerprint density at radius 3 is 1.31 bits per heavy atom. The van der Waals surface area contributed by atoms with Crippen LogP contribution in [0.5, 0.6) is 0 Å². The molecule has 0 bridgehead atoms. The van der Waals surface area contributed by atoms with E-state index >= 15 is 0 Å². The normalized spacial score (nSPS) is 11.2. The van der Waals surface area contributed by atoms with Crippen LogP contribution in [0.1, 0.15) is 64.2 Å². The number of benzene rings is 2. The molecule has 2 aromatic rings. The lowest BCUT2D eigenvalue weighted by atomic mass is 10.1. The second kappa shape index (κ2) is 14.0. The highest BCUT2D eigenvalue weighted by molar-refractivity contribution is 7.73. The molecule has 0 atom stereocenters. The lowest BCUT2D eigenvalue weighted by molar-refractivity contribution is 0.282. The molecule has 2 aromatic carbocycles. The van der Waals surface area contributed by atoms with E-state index in [4.69, 9.17) is 5.11 Å². The molecule has 26 heavy (non-hydrogen) atoms. The lowest BCUT2D eigenvalue weighted by Crippen LogP contribution is -2.13. The van der Waals surface area contributed by atoms with E-state index in [9.17, 15) is 0 Å². The van der Waals surface area contributed by atoms with Gasteiger partial charge in [-0.15, -0.1) is 0 Å². The molecule has 0 radical (unpaired) electrons. The first-order valence-electron chi connectivity index (χ1n) is 10.4. The second-order valence-electron chi connectivity index (χ2n) is 7.08. The number of aliphatic hydroxyl groups excluding tert-OH is 1. The highest BCUT2D eigenvalue weighted by Gasteiger charge is 2.12. The van der Waals surface area contributed by atoms with Gasteiger partial charge in [0.15, 0.2) is 0 Å². The van der Waals surface area contributed by atoms with Crippen LogP contribution in [-0.2, 0) is 0 Å². The summed E-state index contributed by atoms with van der Waals surface area (Å²) in [4.78, 5) is 0. The van der Waals surface area contributed by atoms with Crippen LogP contribution in [-0.4, -0.2) is 17.9 Å². The molecule has 2 heteroatoms. The molecule has 142 valence electrons. The van der Waals surface area contributed by atoms with Gasteiger partial charge in [0.05, 0.1) is 0 Å². The summed E-state index contributed by atoms with van der Waals surface area (Å²) in [6.45, 7) is 0.356. The van der Waals surface area contributed by atoms with Crippen molar-refractivity contribution >= 4 is 18.5 Å². The smallest absolute Gasteiger partial charge is 0.0431 e. The van der Waals surface area contributed by atoms with Crippen LogP contribution in [0.3, 0.4) is 0 Å². The Hall–Kier alpha value is -1.17. The van der Waals surface area contributed by atoms with E-state index in [0.29, 0.717) is 6.61 Å². The van der Waals surface area contributed by atoms with Crippen molar-refractivity contribution in [3.63, 3.8) is 0 Å². The Bertz CT molecular complexity index is 515. The molecule has 0 saturated carbocycles. The summed E-state index contributed by atoms with van der Waals surface area (Å²) in [5, 5.41) is 11.8. The van der Waals surface area contributed by atoms with E-state index in [1.54, 1.807) is 0 Å². The molecule has 0 unspecified atom stereocenters. The topological polar surface area (TPSA) is 20.2 Å². The van der Waals surface area contributed by atoms with Crippen LogP contribution < -0.4 is 10.6 Å². The molecule has 1 N–H and O–H groups in total. The number of hydrogen-bond donors (Lipinski definition) is 1. The third-order valence-corrected chi connectivity index (χ3v) is 7.53. The maximum absolute atomic E-state index is 8.78. The third kappa shape index (κ3) is 8.47. The predicted octanol–water partition coefficient (Wildman–Crippen LogP) is 6.01. The highest BCUT2D eigenvalue weighted by atomic mass is 31.1. The van der Waals surface area contributed by atoms with E-state index in [0.717, 1.165) is 6.42 Å². The molecular weight excluding hydrogens is 335 g/mol. The van der Waals surface area contributed by atoms with Crippen molar-refractivity contribution in [1.82, 2.24) is 0 Å². The van der Waals surface area contributed by atoms with Crippen LogP contribution >= 0.6 is 7.92 Å². The third-order valence-electron chi connectivity index (χ3n) is 4.93. The molecule has 0 aliphatic carbocycles. The van der Waals surface area contributed by atoms with Gasteiger partial charge in [0.2, 0.25) is 0 Å². The standard InChI is InChI=1S/C24H35OP/c25-21-15-7-5-3-1-2-4-6-8-16-22-26(23-17-11-9-12-18-23)24-19-13-10-14-20-24/h9-14,17-20,25H,1-8,15-16,21-22H2. The van der Waals surface area contributed by atoms with Crippen molar-refractivity contribution < 1.29 is 5.11 Å². The minimum absolute atomic E-state index is 0.208. The van der Waals surface area contributed by atoms with Gasteiger partial charge in [-0.25, -0.2) is 0 Å². The highest BCUT2D eigenvalue weighted by Crippen LogP contribution is 2.34. The molecule has 0 heterocycles. The minimum Gasteiger partial charge on any atom is -0.396 e. The molecule has 0 aromatic heterocycles. The average Bonchev–Trinajstić information content (AvgIpc) is 2.70. The largest absolute Gasteiger partial charge is 0.396 e. The molecule has 0 fully saturated rings. The molecule has 0 amide bonds. The summed E-state index contributed by atoms with van der Waals surface area (Å²) in [5.74, 6) is 0. The summed E-state index contributed by atoms with van der Waals surface area (Å²) in [5.41, 5.74) is 0. The van der Waals surface area contributed by atoms with Crippen LogP contribution in [0.4, 0.5) is 0 Å². The van der Waals surface area contributed by atoms with Gasteiger partial charge in [-0.05, 0) is 37.5 Å². The van der Waals surface area contributed by atoms with Crippen LogP contribution in [0.15, 0.2) is 60.7 Å². The van der Waals surface area contributed by atoms with Gasteiger partial charge in [-0.3, -0.25) is 0 Å². The quantitative estimate of drug-likeness (QED) is 0.319. The molecule has 0 saturated heterocycles. The van der Waals surface area contributed by atoms with Crippen molar-refractivity contribution in [1.29, 1.82) is 0 Å². The molecule has 2 rings (SSSR count). The Balaban J connectivity index is 1.64. The van der Waals surface area contributed by atoms with Gasteiger partial charge < -0.3 is 5.11 Å². The SMILES string of the molecule is OCCCCCCCCCCCCP(c1ccccc1)c1ccccc1. The van der Waals surface area contributed by atoms with Crippen molar-refractivity contribution in [3.05, 3.63) is 60.7 Å². The summed E-state index contributed by atoms with van der Waals surface area (Å²) < 4.78 is 0. The Morgan fingerprint density at radius 1 is 0.500 bits per heavy atom. The van der Waals surface area contributed by atoms with Gasteiger partial charge in [-0.1, -0.05) is 112 Å².